The predicted molar refractivity (Wildman–Crippen MR) is 77.2 cm³/mol. The van der Waals surface area contributed by atoms with Crippen molar-refractivity contribution in [1.29, 1.82) is 0 Å². The van der Waals surface area contributed by atoms with E-state index in [0.29, 0.717) is 22.7 Å². The van der Waals surface area contributed by atoms with Crippen molar-refractivity contribution >= 4 is 12.6 Å². The molecule has 0 radical (unpaired) electrons. The Morgan fingerprint density at radius 3 is 2.53 bits per heavy atom. The summed E-state index contributed by atoms with van der Waals surface area (Å²) in [5.74, 6) is 0.640. The number of hydrogen-bond acceptors (Lipinski definition) is 3. The van der Waals surface area contributed by atoms with E-state index in [1.54, 1.807) is 5.57 Å². The number of nitrogens with zero attached hydrogens (tertiary/aromatic N) is 1. The van der Waals surface area contributed by atoms with E-state index >= 15 is 0 Å². The number of allylic oxidation sites excluding steroid dienone is 1. The second-order valence-electron chi connectivity index (χ2n) is 5.85. The zero-order valence-electron chi connectivity index (χ0n) is 11.3. The first-order valence-electron chi connectivity index (χ1n) is 6.84. The van der Waals surface area contributed by atoms with Gasteiger partial charge in [0.05, 0.1) is 0 Å². The van der Waals surface area contributed by atoms with Gasteiger partial charge in [-0.3, -0.25) is 4.90 Å². The van der Waals surface area contributed by atoms with E-state index in [0.717, 1.165) is 13.1 Å². The Morgan fingerprint density at radius 1 is 1.47 bits per heavy atom. The van der Waals surface area contributed by atoms with Crippen molar-refractivity contribution < 1.29 is 0 Å². The first kappa shape index (κ1) is 13.4. The summed E-state index contributed by atoms with van der Waals surface area (Å²) in [4.78, 5) is 2.46. The molecule has 1 aliphatic heterocycles. The second-order valence-corrected chi connectivity index (χ2v) is 6.59. The topological polar surface area (TPSA) is 29.3 Å². The van der Waals surface area contributed by atoms with E-state index in [2.05, 4.69) is 44.4 Å². The fourth-order valence-corrected chi connectivity index (χ4v) is 4.02. The van der Waals surface area contributed by atoms with Gasteiger partial charge in [0.25, 0.3) is 0 Å². The van der Waals surface area contributed by atoms with Crippen molar-refractivity contribution in [1.82, 2.24) is 4.90 Å². The maximum atomic E-state index is 6.50. The van der Waals surface area contributed by atoms with Crippen molar-refractivity contribution in [3.8, 4) is 0 Å². The Bertz CT molecular complexity index is 303. The van der Waals surface area contributed by atoms with Gasteiger partial charge in [0.15, 0.2) is 0 Å². The third-order valence-electron chi connectivity index (χ3n) is 5.00. The SMILES string of the molecule is C/C=C1\CC(C)[C@@H](N)C12CCN(C(C)S)CC2. The zero-order chi connectivity index (χ0) is 12.6. The molecule has 0 aromatic carbocycles. The molecular formula is C14H26N2S. The van der Waals surface area contributed by atoms with Crippen LogP contribution in [-0.4, -0.2) is 29.4 Å². The molecule has 1 saturated heterocycles. The lowest BCUT2D eigenvalue weighted by molar-refractivity contribution is 0.112. The number of hydrogen-bond donors (Lipinski definition) is 2. The molecule has 2 aliphatic rings. The number of thiol groups is 1. The lowest BCUT2D eigenvalue weighted by atomic mass is 9.71. The highest BCUT2D eigenvalue weighted by molar-refractivity contribution is 7.80. The van der Waals surface area contributed by atoms with Crippen LogP contribution in [0, 0.1) is 11.3 Å². The van der Waals surface area contributed by atoms with Crippen LogP contribution in [0.5, 0.6) is 0 Å². The summed E-state index contributed by atoms with van der Waals surface area (Å²) >= 11 is 4.54. The molecule has 2 nitrogen and oxygen atoms in total. The van der Waals surface area contributed by atoms with Crippen LogP contribution in [0.25, 0.3) is 0 Å². The molecule has 1 spiro atoms. The van der Waals surface area contributed by atoms with Crippen molar-refractivity contribution in [2.45, 2.75) is 51.4 Å². The van der Waals surface area contributed by atoms with Crippen LogP contribution in [0.3, 0.4) is 0 Å². The lowest BCUT2D eigenvalue weighted by Crippen LogP contribution is -2.50. The molecule has 0 aromatic rings. The highest BCUT2D eigenvalue weighted by Crippen LogP contribution is 2.51. The van der Waals surface area contributed by atoms with E-state index in [1.807, 2.05) is 0 Å². The van der Waals surface area contributed by atoms with E-state index in [9.17, 15) is 0 Å². The van der Waals surface area contributed by atoms with Gasteiger partial charge in [-0.2, -0.15) is 12.6 Å². The van der Waals surface area contributed by atoms with Gasteiger partial charge in [0.2, 0.25) is 0 Å². The van der Waals surface area contributed by atoms with Crippen LogP contribution in [0.4, 0.5) is 0 Å². The Hall–Kier alpha value is 0.0100. The summed E-state index contributed by atoms with van der Waals surface area (Å²) in [5, 5.41) is 0.372. The fourth-order valence-electron chi connectivity index (χ4n) is 3.79. The van der Waals surface area contributed by atoms with Crippen LogP contribution in [-0.2, 0) is 0 Å². The zero-order valence-corrected chi connectivity index (χ0v) is 12.2. The summed E-state index contributed by atoms with van der Waals surface area (Å²) in [6.07, 6.45) is 5.95. The van der Waals surface area contributed by atoms with Crippen LogP contribution >= 0.6 is 12.6 Å². The molecule has 0 aromatic heterocycles. The minimum atomic E-state index is 0.299. The quantitative estimate of drug-likeness (QED) is 0.556. The average molecular weight is 254 g/mol. The number of rotatable bonds is 1. The Labute approximate surface area is 111 Å². The first-order valence-corrected chi connectivity index (χ1v) is 7.36. The predicted octanol–water partition coefficient (Wildman–Crippen LogP) is 2.66. The minimum Gasteiger partial charge on any atom is -0.327 e. The second kappa shape index (κ2) is 4.94. The van der Waals surface area contributed by atoms with Crippen LogP contribution in [0.15, 0.2) is 11.6 Å². The molecule has 0 bridgehead atoms. The largest absolute Gasteiger partial charge is 0.327 e. The number of nitrogens with two attached hydrogens (primary N) is 1. The Kier molecular flexibility index (Phi) is 3.91. The summed E-state index contributed by atoms with van der Waals surface area (Å²) in [5.41, 5.74) is 8.41. The summed E-state index contributed by atoms with van der Waals surface area (Å²) in [6, 6.07) is 0.353. The molecule has 2 N–H and O–H groups in total. The van der Waals surface area contributed by atoms with Gasteiger partial charge in [-0.05, 0) is 39.0 Å². The van der Waals surface area contributed by atoms with Gasteiger partial charge >= 0.3 is 0 Å². The molecule has 3 atom stereocenters. The van der Waals surface area contributed by atoms with Gasteiger partial charge in [-0.25, -0.2) is 0 Å². The normalized spacial score (nSPS) is 37.8. The maximum Gasteiger partial charge on any atom is 0.0499 e. The standard InChI is InChI=1S/C14H26N2S/c1-4-12-9-10(2)13(15)14(12)5-7-16(8-6-14)11(3)17/h4,10-11,13,17H,5-9,15H2,1-3H3/b12-4+/t10?,11?,13-/m1/s1. The van der Waals surface area contributed by atoms with E-state index in [-0.39, 0.29) is 0 Å². The van der Waals surface area contributed by atoms with Crippen molar-refractivity contribution in [3.63, 3.8) is 0 Å². The molecule has 17 heavy (non-hydrogen) atoms. The molecule has 98 valence electrons. The molecule has 1 aliphatic carbocycles. The lowest BCUT2D eigenvalue weighted by Gasteiger charge is -2.44. The third kappa shape index (κ3) is 2.18. The van der Waals surface area contributed by atoms with Gasteiger partial charge in [-0.1, -0.05) is 18.6 Å². The first-order chi connectivity index (χ1) is 8.01. The highest BCUT2D eigenvalue weighted by atomic mass is 32.1. The molecule has 2 unspecified atom stereocenters. The molecule has 1 saturated carbocycles. The summed E-state index contributed by atoms with van der Waals surface area (Å²) in [6.45, 7) is 8.92. The Balaban J connectivity index is 2.15. The third-order valence-corrected chi connectivity index (χ3v) is 5.33. The maximum absolute atomic E-state index is 6.50. The van der Waals surface area contributed by atoms with Gasteiger partial charge < -0.3 is 5.73 Å². The van der Waals surface area contributed by atoms with Crippen molar-refractivity contribution in [2.75, 3.05) is 13.1 Å². The van der Waals surface area contributed by atoms with Gasteiger partial charge in [-0.15, -0.1) is 0 Å². The Morgan fingerprint density at radius 2 is 2.06 bits per heavy atom. The smallest absolute Gasteiger partial charge is 0.0499 e. The van der Waals surface area contributed by atoms with Crippen molar-refractivity contribution in [2.24, 2.45) is 17.1 Å². The molecule has 2 rings (SSSR count). The van der Waals surface area contributed by atoms with E-state index in [4.69, 9.17) is 5.73 Å². The average Bonchev–Trinajstić information content (AvgIpc) is 2.55. The summed E-state index contributed by atoms with van der Waals surface area (Å²) in [7, 11) is 0. The van der Waals surface area contributed by atoms with Crippen LogP contribution in [0.2, 0.25) is 0 Å². The number of piperidine rings is 1. The van der Waals surface area contributed by atoms with E-state index < -0.39 is 0 Å². The van der Waals surface area contributed by atoms with Gasteiger partial charge in [0, 0.05) is 29.9 Å². The van der Waals surface area contributed by atoms with E-state index in [1.165, 1.54) is 19.3 Å². The number of likely N-dealkylation sites (tertiary alicyclic amines) is 1. The molecule has 0 amide bonds. The van der Waals surface area contributed by atoms with Crippen LogP contribution < -0.4 is 5.73 Å². The molecule has 1 heterocycles. The van der Waals surface area contributed by atoms with Gasteiger partial charge in [0.1, 0.15) is 0 Å². The fraction of sp³-hybridized carbons (Fsp3) is 0.857. The van der Waals surface area contributed by atoms with Crippen LogP contribution in [0.1, 0.15) is 40.0 Å². The molecule has 2 fully saturated rings. The monoisotopic (exact) mass is 254 g/mol. The highest BCUT2D eigenvalue weighted by Gasteiger charge is 2.49. The summed E-state index contributed by atoms with van der Waals surface area (Å²) < 4.78 is 0. The molecule has 3 heteroatoms. The minimum absolute atomic E-state index is 0.299. The molecular weight excluding hydrogens is 228 g/mol. The van der Waals surface area contributed by atoms with Crippen molar-refractivity contribution in [3.05, 3.63) is 11.6 Å².